The molecule has 0 saturated carbocycles. The summed E-state index contributed by atoms with van der Waals surface area (Å²) >= 11 is 0. The fourth-order valence-electron chi connectivity index (χ4n) is 3.87. The number of hydrogen-bond acceptors (Lipinski definition) is 5. The smallest absolute Gasteiger partial charge is 0.244 e. The summed E-state index contributed by atoms with van der Waals surface area (Å²) in [6.45, 7) is 6.52. The molecule has 1 saturated heterocycles. The monoisotopic (exact) mass is 438 g/mol. The lowest BCUT2D eigenvalue weighted by Crippen LogP contribution is -2.41. The number of rotatable bonds is 7. The lowest BCUT2D eigenvalue weighted by atomic mass is 9.99. The van der Waals surface area contributed by atoms with E-state index in [0.717, 1.165) is 60.5 Å². The number of carbonyl (C=O) groups is 1. The number of morpholine rings is 1. The van der Waals surface area contributed by atoms with Gasteiger partial charge < -0.3 is 19.2 Å². The van der Waals surface area contributed by atoms with Crippen molar-refractivity contribution in [2.24, 2.45) is 0 Å². The van der Waals surface area contributed by atoms with Gasteiger partial charge in [0, 0.05) is 54.8 Å². The van der Waals surface area contributed by atoms with E-state index in [1.165, 1.54) is 12.1 Å². The van der Waals surface area contributed by atoms with Gasteiger partial charge in [0.05, 0.1) is 26.6 Å². The topological polar surface area (TPSA) is 63.9 Å². The summed E-state index contributed by atoms with van der Waals surface area (Å²) in [6.07, 6.45) is 3.24. The molecule has 0 bridgehead atoms. The summed E-state index contributed by atoms with van der Waals surface area (Å²) < 4.78 is 29.9. The zero-order valence-electron chi connectivity index (χ0n) is 18.3. The van der Waals surface area contributed by atoms with E-state index in [0.29, 0.717) is 17.9 Å². The summed E-state index contributed by atoms with van der Waals surface area (Å²) in [6, 6.07) is 10.0. The molecule has 4 rings (SSSR count). The van der Waals surface area contributed by atoms with Crippen LogP contribution in [-0.2, 0) is 9.53 Å². The number of amides is 1. The summed E-state index contributed by atoms with van der Waals surface area (Å²) in [7, 11) is 1.59. The molecule has 0 spiro atoms. The second kappa shape index (κ2) is 9.97. The van der Waals surface area contributed by atoms with Gasteiger partial charge in [0.25, 0.3) is 0 Å². The van der Waals surface area contributed by atoms with Crippen molar-refractivity contribution in [3.05, 3.63) is 60.1 Å². The number of carbonyl (C=O) groups excluding carboxylic acids is 1. The molecule has 0 atom stereocenters. The Morgan fingerprint density at radius 1 is 1.22 bits per heavy atom. The van der Waals surface area contributed by atoms with E-state index < -0.39 is 0 Å². The maximum atomic E-state index is 13.3. The van der Waals surface area contributed by atoms with E-state index in [4.69, 9.17) is 13.9 Å². The maximum absolute atomic E-state index is 13.3. The highest BCUT2D eigenvalue weighted by Gasteiger charge is 2.15. The minimum Gasteiger partial charge on any atom is -0.496 e. The van der Waals surface area contributed by atoms with Crippen LogP contribution in [0.3, 0.4) is 0 Å². The number of nitrogens with one attached hydrogen (secondary N) is 1. The molecule has 3 aromatic rings. The molecule has 1 N–H and O–H groups in total. The number of furan rings is 1. The van der Waals surface area contributed by atoms with Gasteiger partial charge in [-0.1, -0.05) is 12.1 Å². The van der Waals surface area contributed by atoms with E-state index in [1.807, 2.05) is 19.1 Å². The van der Waals surface area contributed by atoms with E-state index in [9.17, 15) is 9.18 Å². The van der Waals surface area contributed by atoms with Gasteiger partial charge in [-0.15, -0.1) is 0 Å². The van der Waals surface area contributed by atoms with Crippen LogP contribution in [0.5, 0.6) is 5.75 Å². The molecule has 1 aromatic heterocycles. The maximum Gasteiger partial charge on any atom is 0.244 e. The minimum atomic E-state index is -0.290. The molecule has 0 radical (unpaired) electrons. The van der Waals surface area contributed by atoms with Crippen molar-refractivity contribution in [2.75, 3.05) is 46.5 Å². The van der Waals surface area contributed by atoms with Gasteiger partial charge in [-0.2, -0.15) is 0 Å². The van der Waals surface area contributed by atoms with Crippen LogP contribution in [0.25, 0.3) is 27.7 Å². The van der Waals surface area contributed by atoms with Crippen molar-refractivity contribution in [1.82, 2.24) is 10.2 Å². The number of fused-ring (bicyclic) bond motifs is 1. The molecule has 2 heterocycles. The molecule has 7 heteroatoms. The first-order chi connectivity index (χ1) is 15.5. The van der Waals surface area contributed by atoms with Gasteiger partial charge in [-0.25, -0.2) is 4.39 Å². The molecular formula is C25H27FN2O4. The fourth-order valence-corrected chi connectivity index (χ4v) is 3.87. The predicted molar refractivity (Wildman–Crippen MR) is 122 cm³/mol. The zero-order chi connectivity index (χ0) is 22.5. The number of nitrogens with zero attached hydrogens (tertiary/aromatic N) is 1. The third-order valence-corrected chi connectivity index (χ3v) is 5.65. The molecule has 1 aliphatic rings. The standard InChI is InChI=1S/C25H27FN2O4/c1-17(13-25(29)27-7-8-28-9-11-31-12-10-28)20-14-21-22(18-3-5-19(26)6-4-18)16-32-24(21)15-23(20)30-2/h3-6,13-16H,7-12H2,1-2H3,(H,27,29)/b17-13+. The largest absolute Gasteiger partial charge is 0.496 e. The first-order valence-corrected chi connectivity index (χ1v) is 10.7. The lowest BCUT2D eigenvalue weighted by Gasteiger charge is -2.26. The van der Waals surface area contributed by atoms with Crippen LogP contribution >= 0.6 is 0 Å². The number of methoxy groups -OCH3 is 1. The van der Waals surface area contributed by atoms with E-state index in [1.54, 1.807) is 31.6 Å². The minimum absolute atomic E-state index is 0.149. The average Bonchev–Trinajstić information content (AvgIpc) is 3.22. The number of halogens is 1. The van der Waals surface area contributed by atoms with Crippen molar-refractivity contribution in [3.8, 4) is 16.9 Å². The third-order valence-electron chi connectivity index (χ3n) is 5.65. The zero-order valence-corrected chi connectivity index (χ0v) is 18.3. The highest BCUT2D eigenvalue weighted by Crippen LogP contribution is 2.37. The molecule has 0 aliphatic carbocycles. The number of benzene rings is 2. The Bertz CT molecular complexity index is 1110. The first kappa shape index (κ1) is 22.0. The quantitative estimate of drug-likeness (QED) is 0.563. The van der Waals surface area contributed by atoms with Crippen LogP contribution in [-0.4, -0.2) is 57.3 Å². The van der Waals surface area contributed by atoms with E-state index in [-0.39, 0.29) is 11.7 Å². The van der Waals surface area contributed by atoms with Crippen LogP contribution in [0, 0.1) is 5.82 Å². The van der Waals surface area contributed by atoms with E-state index >= 15 is 0 Å². The highest BCUT2D eigenvalue weighted by molar-refractivity contribution is 6.00. The summed E-state index contributed by atoms with van der Waals surface area (Å²) in [5.74, 6) is 0.179. The second-order valence-corrected chi connectivity index (χ2v) is 7.78. The Morgan fingerprint density at radius 3 is 2.69 bits per heavy atom. The van der Waals surface area contributed by atoms with E-state index in [2.05, 4.69) is 10.2 Å². The van der Waals surface area contributed by atoms with Crippen LogP contribution in [0.1, 0.15) is 12.5 Å². The van der Waals surface area contributed by atoms with Gasteiger partial charge in [0.2, 0.25) is 5.91 Å². The summed E-state index contributed by atoms with van der Waals surface area (Å²) in [4.78, 5) is 14.7. The average molecular weight is 438 g/mol. The van der Waals surface area contributed by atoms with Gasteiger partial charge in [-0.3, -0.25) is 9.69 Å². The molecular weight excluding hydrogens is 411 g/mol. The van der Waals surface area contributed by atoms with Gasteiger partial charge in [0.15, 0.2) is 0 Å². The van der Waals surface area contributed by atoms with Crippen molar-refractivity contribution in [1.29, 1.82) is 0 Å². The van der Waals surface area contributed by atoms with Gasteiger partial charge in [0.1, 0.15) is 17.1 Å². The Morgan fingerprint density at radius 2 is 1.97 bits per heavy atom. The molecule has 1 aliphatic heterocycles. The van der Waals surface area contributed by atoms with Crippen LogP contribution in [0.2, 0.25) is 0 Å². The van der Waals surface area contributed by atoms with Gasteiger partial charge in [-0.05, 0) is 36.3 Å². The third kappa shape index (κ3) is 5.00. The summed E-state index contributed by atoms with van der Waals surface area (Å²) in [5.41, 5.74) is 3.94. The second-order valence-electron chi connectivity index (χ2n) is 7.78. The molecule has 1 fully saturated rings. The van der Waals surface area contributed by atoms with Crippen molar-refractivity contribution in [2.45, 2.75) is 6.92 Å². The van der Waals surface area contributed by atoms with Crippen molar-refractivity contribution in [3.63, 3.8) is 0 Å². The molecule has 32 heavy (non-hydrogen) atoms. The Balaban J connectivity index is 1.54. The Kier molecular flexibility index (Phi) is 6.87. The normalized spacial score (nSPS) is 15.2. The fraction of sp³-hybridized carbons (Fsp3) is 0.320. The van der Waals surface area contributed by atoms with Crippen LogP contribution in [0.4, 0.5) is 4.39 Å². The number of allylic oxidation sites excluding steroid dienone is 1. The molecule has 0 unspecified atom stereocenters. The summed E-state index contributed by atoms with van der Waals surface area (Å²) in [5, 5.41) is 3.82. The first-order valence-electron chi connectivity index (χ1n) is 10.7. The van der Waals surface area contributed by atoms with Gasteiger partial charge >= 0.3 is 0 Å². The van der Waals surface area contributed by atoms with Crippen molar-refractivity contribution >= 4 is 22.4 Å². The molecule has 2 aromatic carbocycles. The number of ether oxygens (including phenoxy) is 2. The van der Waals surface area contributed by atoms with Crippen LogP contribution in [0.15, 0.2) is 53.2 Å². The molecule has 6 nitrogen and oxygen atoms in total. The molecule has 168 valence electrons. The predicted octanol–water partition coefficient (Wildman–Crippen LogP) is 4.10. The Labute approximate surface area is 186 Å². The van der Waals surface area contributed by atoms with Crippen molar-refractivity contribution < 1.29 is 23.1 Å². The lowest BCUT2D eigenvalue weighted by molar-refractivity contribution is -0.116. The highest BCUT2D eigenvalue weighted by atomic mass is 19.1. The Hall–Kier alpha value is -3.16. The number of hydrogen-bond donors (Lipinski definition) is 1. The van der Waals surface area contributed by atoms with Crippen LogP contribution < -0.4 is 10.1 Å². The SMILES string of the molecule is COc1cc2occ(-c3ccc(F)cc3)c2cc1/C(C)=C/C(=O)NCCN1CCOCC1. The molecule has 1 amide bonds.